The van der Waals surface area contributed by atoms with Gasteiger partial charge in [0.25, 0.3) is 5.91 Å². The van der Waals surface area contributed by atoms with Gasteiger partial charge in [0.05, 0.1) is 12.1 Å². The van der Waals surface area contributed by atoms with Gasteiger partial charge in [-0.1, -0.05) is 25.7 Å². The number of nitrogens with one attached hydrogen (secondary N) is 1. The van der Waals surface area contributed by atoms with E-state index in [1.807, 2.05) is 0 Å². The third-order valence-corrected chi connectivity index (χ3v) is 3.70. The molecule has 1 aromatic rings. The summed E-state index contributed by atoms with van der Waals surface area (Å²) in [5, 5.41) is 13.2. The van der Waals surface area contributed by atoms with Gasteiger partial charge in [-0.3, -0.25) is 4.79 Å². The van der Waals surface area contributed by atoms with E-state index in [1.54, 1.807) is 12.1 Å². The second-order valence-corrected chi connectivity index (χ2v) is 5.29. The molecule has 0 unspecified atom stereocenters. The van der Waals surface area contributed by atoms with Crippen molar-refractivity contribution in [3.8, 4) is 0 Å². The normalized spacial score (nSPS) is 18.8. The van der Waals surface area contributed by atoms with Crippen LogP contribution in [0.3, 0.4) is 0 Å². The minimum Gasteiger partial charge on any atom is -0.455 e. The smallest absolute Gasteiger partial charge is 0.287 e. The number of hydrogen-bond acceptors (Lipinski definition) is 4. The fourth-order valence-electron chi connectivity index (χ4n) is 2.51. The molecule has 1 heterocycles. The van der Waals surface area contributed by atoms with Gasteiger partial charge in [-0.25, -0.2) is 0 Å². The lowest BCUT2D eigenvalue weighted by Gasteiger charge is -2.26. The zero-order chi connectivity index (χ0) is 13.7. The quantitative estimate of drug-likeness (QED) is 0.721. The minimum absolute atomic E-state index is 0.248. The van der Waals surface area contributed by atoms with E-state index >= 15 is 0 Å². The van der Waals surface area contributed by atoms with Crippen LogP contribution in [0.4, 0.5) is 0 Å². The van der Waals surface area contributed by atoms with Gasteiger partial charge >= 0.3 is 0 Å². The van der Waals surface area contributed by atoms with Crippen molar-refractivity contribution >= 4 is 5.91 Å². The first-order chi connectivity index (χ1) is 9.13. The van der Waals surface area contributed by atoms with Crippen LogP contribution in [0.15, 0.2) is 16.5 Å². The van der Waals surface area contributed by atoms with E-state index in [0.717, 1.165) is 38.5 Å². The monoisotopic (exact) mass is 266 g/mol. The molecule has 1 fully saturated rings. The standard InChI is InChI=1S/C14H22N2O3/c15-9-11-5-6-12(19-11)13(17)16-10-14(18)7-3-1-2-4-8-14/h5-6,18H,1-4,7-10,15H2,(H,16,17). The Morgan fingerprint density at radius 3 is 2.58 bits per heavy atom. The lowest BCUT2D eigenvalue weighted by atomic mass is 9.94. The molecular formula is C14H22N2O3. The average molecular weight is 266 g/mol. The van der Waals surface area contributed by atoms with Gasteiger partial charge in [0.2, 0.25) is 0 Å². The molecule has 1 aliphatic carbocycles. The Labute approximate surface area is 113 Å². The number of hydrogen-bond donors (Lipinski definition) is 3. The van der Waals surface area contributed by atoms with Crippen LogP contribution >= 0.6 is 0 Å². The number of rotatable bonds is 4. The predicted octanol–water partition coefficient (Wildman–Crippen LogP) is 1.55. The van der Waals surface area contributed by atoms with Crippen molar-refractivity contribution in [3.63, 3.8) is 0 Å². The highest BCUT2D eigenvalue weighted by Crippen LogP contribution is 2.26. The molecular weight excluding hydrogens is 244 g/mol. The highest BCUT2D eigenvalue weighted by Gasteiger charge is 2.28. The van der Waals surface area contributed by atoms with Crippen LogP contribution in [0, 0.1) is 0 Å². The van der Waals surface area contributed by atoms with Crippen molar-refractivity contribution in [2.75, 3.05) is 6.54 Å². The first kappa shape index (κ1) is 14.1. The summed E-state index contributed by atoms with van der Waals surface area (Å²) in [4.78, 5) is 11.9. The van der Waals surface area contributed by atoms with E-state index in [1.165, 1.54) is 0 Å². The molecule has 1 amide bonds. The Hall–Kier alpha value is -1.33. The second kappa shape index (κ2) is 6.21. The molecule has 0 aromatic carbocycles. The molecule has 1 aromatic heterocycles. The van der Waals surface area contributed by atoms with Crippen molar-refractivity contribution in [1.82, 2.24) is 5.32 Å². The van der Waals surface area contributed by atoms with Crippen molar-refractivity contribution in [2.24, 2.45) is 5.73 Å². The molecule has 19 heavy (non-hydrogen) atoms. The largest absolute Gasteiger partial charge is 0.455 e. The Balaban J connectivity index is 1.88. The van der Waals surface area contributed by atoms with Crippen molar-refractivity contribution < 1.29 is 14.3 Å². The molecule has 0 atom stereocenters. The molecule has 0 saturated heterocycles. The topological polar surface area (TPSA) is 88.5 Å². The number of furan rings is 1. The van der Waals surface area contributed by atoms with Crippen LogP contribution in [0.25, 0.3) is 0 Å². The van der Waals surface area contributed by atoms with E-state index < -0.39 is 5.60 Å². The molecule has 0 spiro atoms. The Kier molecular flexibility index (Phi) is 4.61. The predicted molar refractivity (Wildman–Crippen MR) is 71.6 cm³/mol. The minimum atomic E-state index is -0.768. The van der Waals surface area contributed by atoms with Gasteiger partial charge in [0.15, 0.2) is 5.76 Å². The van der Waals surface area contributed by atoms with Gasteiger partial charge in [-0.15, -0.1) is 0 Å². The number of nitrogens with two attached hydrogens (primary N) is 1. The first-order valence-corrected chi connectivity index (χ1v) is 6.92. The van der Waals surface area contributed by atoms with Crippen LogP contribution in [0.5, 0.6) is 0 Å². The summed E-state index contributed by atoms with van der Waals surface area (Å²) in [5.74, 6) is 0.536. The lowest BCUT2D eigenvalue weighted by molar-refractivity contribution is 0.0243. The van der Waals surface area contributed by atoms with Crippen LogP contribution < -0.4 is 11.1 Å². The summed E-state index contributed by atoms with van der Waals surface area (Å²) in [5.41, 5.74) is 4.66. The second-order valence-electron chi connectivity index (χ2n) is 5.29. The maximum absolute atomic E-state index is 11.9. The van der Waals surface area contributed by atoms with E-state index in [-0.39, 0.29) is 24.8 Å². The number of carbonyl (C=O) groups excluding carboxylic acids is 1. The highest BCUT2D eigenvalue weighted by atomic mass is 16.4. The zero-order valence-corrected chi connectivity index (χ0v) is 11.2. The molecule has 5 nitrogen and oxygen atoms in total. The van der Waals surface area contributed by atoms with Gasteiger partial charge in [0.1, 0.15) is 5.76 Å². The summed E-state index contributed by atoms with van der Waals surface area (Å²) < 4.78 is 5.27. The summed E-state index contributed by atoms with van der Waals surface area (Å²) in [6.07, 6.45) is 5.86. The van der Waals surface area contributed by atoms with E-state index in [9.17, 15) is 9.90 Å². The lowest BCUT2D eigenvalue weighted by Crippen LogP contribution is -2.42. The molecule has 5 heteroatoms. The van der Waals surface area contributed by atoms with Gasteiger partial charge in [-0.2, -0.15) is 0 Å². The van der Waals surface area contributed by atoms with Crippen molar-refractivity contribution in [1.29, 1.82) is 0 Å². The fraction of sp³-hybridized carbons (Fsp3) is 0.643. The molecule has 106 valence electrons. The number of amides is 1. The number of carbonyl (C=O) groups is 1. The molecule has 2 rings (SSSR count). The van der Waals surface area contributed by atoms with Crippen LogP contribution in [-0.4, -0.2) is 23.2 Å². The van der Waals surface area contributed by atoms with Gasteiger partial charge < -0.3 is 20.6 Å². The summed E-state index contributed by atoms with van der Waals surface area (Å²) >= 11 is 0. The molecule has 1 aliphatic rings. The SMILES string of the molecule is NCc1ccc(C(=O)NCC2(O)CCCCCC2)o1. The van der Waals surface area contributed by atoms with E-state index in [0.29, 0.717) is 5.76 Å². The fourth-order valence-corrected chi connectivity index (χ4v) is 2.51. The third kappa shape index (κ3) is 3.81. The molecule has 1 saturated carbocycles. The summed E-state index contributed by atoms with van der Waals surface area (Å²) in [6, 6.07) is 3.30. The number of aliphatic hydroxyl groups is 1. The molecule has 0 bridgehead atoms. The molecule has 0 aliphatic heterocycles. The van der Waals surface area contributed by atoms with Gasteiger partial charge in [0, 0.05) is 6.54 Å². The highest BCUT2D eigenvalue weighted by molar-refractivity contribution is 5.91. The molecule has 0 radical (unpaired) electrons. The van der Waals surface area contributed by atoms with Crippen LogP contribution in [0.1, 0.15) is 54.8 Å². The third-order valence-electron chi connectivity index (χ3n) is 3.70. The van der Waals surface area contributed by atoms with E-state index in [4.69, 9.17) is 10.2 Å². The summed E-state index contributed by atoms with van der Waals surface area (Å²) in [7, 11) is 0. The van der Waals surface area contributed by atoms with Crippen LogP contribution in [0.2, 0.25) is 0 Å². The zero-order valence-electron chi connectivity index (χ0n) is 11.2. The molecule has 4 N–H and O–H groups in total. The van der Waals surface area contributed by atoms with Crippen LogP contribution in [-0.2, 0) is 6.54 Å². The average Bonchev–Trinajstić information content (AvgIpc) is 2.79. The maximum Gasteiger partial charge on any atom is 0.287 e. The Bertz CT molecular complexity index is 420. The van der Waals surface area contributed by atoms with Crippen molar-refractivity contribution in [3.05, 3.63) is 23.7 Å². The van der Waals surface area contributed by atoms with E-state index in [2.05, 4.69) is 5.32 Å². The maximum atomic E-state index is 11.9. The first-order valence-electron chi connectivity index (χ1n) is 6.92. The Morgan fingerprint density at radius 1 is 1.32 bits per heavy atom. The summed E-state index contributed by atoms with van der Waals surface area (Å²) in [6.45, 7) is 0.557. The van der Waals surface area contributed by atoms with Gasteiger partial charge in [-0.05, 0) is 25.0 Å². The Morgan fingerprint density at radius 2 is 2.00 bits per heavy atom. The van der Waals surface area contributed by atoms with Crippen molar-refractivity contribution in [2.45, 2.75) is 50.7 Å².